The van der Waals surface area contributed by atoms with Crippen molar-refractivity contribution < 1.29 is 14.6 Å². The summed E-state index contributed by atoms with van der Waals surface area (Å²) in [6.45, 7) is 2.73. The second-order valence-corrected chi connectivity index (χ2v) is 4.17. The highest BCUT2D eigenvalue weighted by atomic mass is 16.5. The predicted octanol–water partition coefficient (Wildman–Crippen LogP) is -0.547. The lowest BCUT2D eigenvalue weighted by Gasteiger charge is -2.21. The van der Waals surface area contributed by atoms with Crippen molar-refractivity contribution in [1.29, 1.82) is 0 Å². The third-order valence-electron chi connectivity index (χ3n) is 2.69. The molecule has 94 valence electrons. The molecule has 0 bridgehead atoms. The van der Waals surface area contributed by atoms with Gasteiger partial charge in [-0.2, -0.15) is 0 Å². The molecule has 1 saturated carbocycles. The lowest BCUT2D eigenvalue weighted by molar-refractivity contribution is -0.131. The molecule has 1 rings (SSSR count). The molecule has 0 saturated heterocycles. The molecule has 0 spiro atoms. The number of carbonyl (C=O) groups is 1. The van der Waals surface area contributed by atoms with E-state index in [4.69, 9.17) is 9.84 Å². The van der Waals surface area contributed by atoms with Crippen LogP contribution in [-0.2, 0) is 9.53 Å². The van der Waals surface area contributed by atoms with Gasteiger partial charge < -0.3 is 20.1 Å². The Hall–Kier alpha value is -0.650. The maximum atomic E-state index is 11.7. The minimum Gasteiger partial charge on any atom is -0.395 e. The molecule has 16 heavy (non-hydrogen) atoms. The Kier molecular flexibility index (Phi) is 6.37. The first kappa shape index (κ1) is 13.4. The van der Waals surface area contributed by atoms with Crippen molar-refractivity contribution in [3.05, 3.63) is 0 Å². The second kappa shape index (κ2) is 7.60. The number of ether oxygens (including phenoxy) is 1. The van der Waals surface area contributed by atoms with Crippen molar-refractivity contribution in [3.63, 3.8) is 0 Å². The van der Waals surface area contributed by atoms with Crippen LogP contribution in [0.1, 0.15) is 12.8 Å². The largest absolute Gasteiger partial charge is 0.395 e. The zero-order chi connectivity index (χ0) is 11.8. The number of methoxy groups -OCH3 is 1. The van der Waals surface area contributed by atoms with E-state index in [1.807, 2.05) is 0 Å². The van der Waals surface area contributed by atoms with Crippen molar-refractivity contribution in [2.75, 3.05) is 46.5 Å². The van der Waals surface area contributed by atoms with Crippen molar-refractivity contribution in [2.45, 2.75) is 12.8 Å². The number of rotatable bonds is 9. The van der Waals surface area contributed by atoms with Gasteiger partial charge in [-0.1, -0.05) is 0 Å². The van der Waals surface area contributed by atoms with Crippen molar-refractivity contribution in [3.8, 4) is 0 Å². The molecule has 0 aliphatic heterocycles. The van der Waals surface area contributed by atoms with E-state index in [0.29, 0.717) is 26.2 Å². The van der Waals surface area contributed by atoms with Crippen LogP contribution in [0.3, 0.4) is 0 Å². The Morgan fingerprint density at radius 2 is 2.25 bits per heavy atom. The summed E-state index contributed by atoms with van der Waals surface area (Å²) in [5.74, 6) is 0.810. The number of nitrogens with one attached hydrogen (secondary N) is 1. The smallest absolute Gasteiger partial charge is 0.236 e. The molecular weight excluding hydrogens is 208 g/mol. The van der Waals surface area contributed by atoms with Crippen molar-refractivity contribution >= 4 is 5.91 Å². The highest BCUT2D eigenvalue weighted by Gasteiger charge is 2.21. The lowest BCUT2D eigenvalue weighted by atomic mass is 10.4. The van der Waals surface area contributed by atoms with Gasteiger partial charge >= 0.3 is 0 Å². The van der Waals surface area contributed by atoms with Crippen LogP contribution in [0.5, 0.6) is 0 Å². The number of carbonyl (C=O) groups excluding carboxylic acids is 1. The van der Waals surface area contributed by atoms with E-state index >= 15 is 0 Å². The van der Waals surface area contributed by atoms with Crippen LogP contribution in [-0.4, -0.2) is 62.4 Å². The fourth-order valence-corrected chi connectivity index (χ4v) is 1.50. The summed E-state index contributed by atoms with van der Waals surface area (Å²) >= 11 is 0. The summed E-state index contributed by atoms with van der Waals surface area (Å²) < 4.78 is 4.93. The van der Waals surface area contributed by atoms with Gasteiger partial charge in [0.05, 0.1) is 19.8 Å². The molecule has 1 aliphatic carbocycles. The summed E-state index contributed by atoms with van der Waals surface area (Å²) in [5, 5.41) is 12.0. The molecule has 0 aromatic carbocycles. The van der Waals surface area contributed by atoms with Gasteiger partial charge in [0.2, 0.25) is 5.91 Å². The molecule has 0 aromatic rings. The normalized spacial score (nSPS) is 15.1. The van der Waals surface area contributed by atoms with Gasteiger partial charge in [0.25, 0.3) is 0 Å². The highest BCUT2D eigenvalue weighted by molar-refractivity contribution is 5.78. The summed E-state index contributed by atoms with van der Waals surface area (Å²) in [6.07, 6.45) is 2.57. The van der Waals surface area contributed by atoms with Crippen molar-refractivity contribution in [2.24, 2.45) is 5.92 Å². The highest BCUT2D eigenvalue weighted by Crippen LogP contribution is 2.27. The van der Waals surface area contributed by atoms with Gasteiger partial charge in [-0.3, -0.25) is 4.79 Å². The lowest BCUT2D eigenvalue weighted by Crippen LogP contribution is -2.41. The van der Waals surface area contributed by atoms with E-state index in [1.165, 1.54) is 12.8 Å². The number of aliphatic hydroxyl groups is 1. The van der Waals surface area contributed by atoms with Crippen molar-refractivity contribution in [1.82, 2.24) is 10.2 Å². The van der Waals surface area contributed by atoms with Crippen LogP contribution in [0.4, 0.5) is 0 Å². The first-order valence-electron chi connectivity index (χ1n) is 5.86. The van der Waals surface area contributed by atoms with Gasteiger partial charge in [0, 0.05) is 20.2 Å². The number of hydrogen-bond donors (Lipinski definition) is 2. The second-order valence-electron chi connectivity index (χ2n) is 4.17. The monoisotopic (exact) mass is 230 g/mol. The molecule has 0 atom stereocenters. The maximum absolute atomic E-state index is 11.7. The average molecular weight is 230 g/mol. The predicted molar refractivity (Wildman–Crippen MR) is 61.1 cm³/mol. The van der Waals surface area contributed by atoms with Crippen LogP contribution in [0.25, 0.3) is 0 Å². The molecule has 1 aliphatic rings. The molecule has 0 heterocycles. The first-order chi connectivity index (χ1) is 7.77. The minimum absolute atomic E-state index is 0.00191. The Morgan fingerprint density at radius 3 is 2.81 bits per heavy atom. The van der Waals surface area contributed by atoms with Crippen LogP contribution < -0.4 is 5.32 Å². The Bertz CT molecular complexity index is 207. The SMILES string of the molecule is COCCN(CCO)C(=O)CNCC1CC1. The van der Waals surface area contributed by atoms with Crippen LogP contribution in [0.15, 0.2) is 0 Å². The summed E-state index contributed by atoms with van der Waals surface area (Å²) in [4.78, 5) is 13.4. The topological polar surface area (TPSA) is 61.8 Å². The zero-order valence-electron chi connectivity index (χ0n) is 9.95. The molecule has 5 heteroatoms. The van der Waals surface area contributed by atoms with E-state index < -0.39 is 0 Å². The molecule has 0 radical (unpaired) electrons. The Morgan fingerprint density at radius 1 is 1.50 bits per heavy atom. The summed E-state index contributed by atoms with van der Waals surface area (Å²) in [5.41, 5.74) is 0. The van der Waals surface area contributed by atoms with Crippen LogP contribution in [0, 0.1) is 5.92 Å². The summed E-state index contributed by atoms with van der Waals surface area (Å²) in [7, 11) is 1.60. The van der Waals surface area contributed by atoms with Gasteiger partial charge in [-0.15, -0.1) is 0 Å². The third kappa shape index (κ3) is 5.44. The zero-order valence-corrected chi connectivity index (χ0v) is 9.95. The van der Waals surface area contributed by atoms with E-state index in [1.54, 1.807) is 12.0 Å². The molecule has 5 nitrogen and oxygen atoms in total. The molecular formula is C11H22N2O3. The number of amides is 1. The quantitative estimate of drug-likeness (QED) is 0.558. The molecule has 1 amide bonds. The van der Waals surface area contributed by atoms with Crippen LogP contribution in [0.2, 0.25) is 0 Å². The first-order valence-corrected chi connectivity index (χ1v) is 5.86. The standard InChI is InChI=1S/C11H22N2O3/c1-16-7-5-13(4-6-14)11(15)9-12-8-10-2-3-10/h10,12,14H,2-9H2,1H3. The fourth-order valence-electron chi connectivity index (χ4n) is 1.50. The van der Waals surface area contributed by atoms with Gasteiger partial charge in [0.1, 0.15) is 0 Å². The van der Waals surface area contributed by atoms with E-state index in [9.17, 15) is 4.79 Å². The number of aliphatic hydroxyl groups excluding tert-OH is 1. The maximum Gasteiger partial charge on any atom is 0.236 e. The Labute approximate surface area is 96.8 Å². The Balaban J connectivity index is 2.15. The minimum atomic E-state index is -0.00191. The molecule has 0 unspecified atom stereocenters. The van der Waals surface area contributed by atoms with Gasteiger partial charge in [0.15, 0.2) is 0 Å². The fraction of sp³-hybridized carbons (Fsp3) is 0.909. The van der Waals surface area contributed by atoms with E-state index in [2.05, 4.69) is 5.32 Å². The van der Waals surface area contributed by atoms with Gasteiger partial charge in [-0.05, 0) is 25.3 Å². The molecule has 1 fully saturated rings. The summed E-state index contributed by atoms with van der Waals surface area (Å²) in [6, 6.07) is 0. The number of nitrogens with zero attached hydrogens (tertiary/aromatic N) is 1. The third-order valence-corrected chi connectivity index (χ3v) is 2.69. The van der Waals surface area contributed by atoms with Crippen LogP contribution >= 0.6 is 0 Å². The van der Waals surface area contributed by atoms with Gasteiger partial charge in [-0.25, -0.2) is 0 Å². The number of hydrogen-bond acceptors (Lipinski definition) is 4. The average Bonchev–Trinajstić information content (AvgIpc) is 3.08. The van der Waals surface area contributed by atoms with E-state index in [0.717, 1.165) is 12.5 Å². The molecule has 0 aromatic heterocycles. The molecule has 2 N–H and O–H groups in total. The van der Waals surface area contributed by atoms with E-state index in [-0.39, 0.29) is 12.5 Å².